The van der Waals surface area contributed by atoms with Crippen molar-refractivity contribution in [3.05, 3.63) is 187 Å². The van der Waals surface area contributed by atoms with Gasteiger partial charge in [0.25, 0.3) is 0 Å². The Hall–Kier alpha value is -3.68. The fourth-order valence-electron chi connectivity index (χ4n) is 5.05. The van der Waals surface area contributed by atoms with Crippen LogP contribution in [-0.4, -0.2) is 0 Å². The Morgan fingerprint density at radius 3 is 1.67 bits per heavy atom. The Kier molecular flexibility index (Phi) is 12.8. The molecular formula is C44H46Hf. The molecule has 0 unspecified atom stereocenters. The van der Waals surface area contributed by atoms with Crippen LogP contribution in [0.4, 0.5) is 0 Å². The zero-order chi connectivity index (χ0) is 31.7. The summed E-state index contributed by atoms with van der Waals surface area (Å²) in [5, 5.41) is 2.66. The molecule has 1 aliphatic carbocycles. The van der Waals surface area contributed by atoms with Crippen LogP contribution in [0, 0.1) is 19.9 Å². The maximum Gasteiger partial charge on any atom is 4.00 e. The molecule has 7 rings (SSSR count). The van der Waals surface area contributed by atoms with Crippen molar-refractivity contribution in [2.45, 2.75) is 58.8 Å². The Bertz CT molecular complexity index is 1610. The molecule has 226 valence electrons. The second-order valence-corrected chi connectivity index (χ2v) is 13.4. The van der Waals surface area contributed by atoms with Crippen molar-refractivity contribution in [2.75, 3.05) is 0 Å². The molecule has 0 nitrogen and oxygen atoms in total. The van der Waals surface area contributed by atoms with Crippen LogP contribution in [0.25, 0.3) is 21.9 Å². The average molecular weight is 753 g/mol. The van der Waals surface area contributed by atoms with Gasteiger partial charge in [-0.1, -0.05) is 83.5 Å². The summed E-state index contributed by atoms with van der Waals surface area (Å²) in [4.78, 5) is 0. The van der Waals surface area contributed by atoms with Gasteiger partial charge in [-0.3, -0.25) is 0 Å². The normalized spacial score (nSPS) is 11.2. The van der Waals surface area contributed by atoms with Gasteiger partial charge < -0.3 is 0 Å². The van der Waals surface area contributed by atoms with Crippen molar-refractivity contribution in [2.24, 2.45) is 0 Å². The minimum absolute atomic E-state index is 0. The quantitative estimate of drug-likeness (QED) is 0.107. The van der Waals surface area contributed by atoms with Gasteiger partial charge in [0, 0.05) is 0 Å². The smallest absolute Gasteiger partial charge is 0.199 e. The predicted molar refractivity (Wildman–Crippen MR) is 192 cm³/mol. The number of rotatable bonds is 0. The number of fused-ring (bicyclic) bond motifs is 4. The van der Waals surface area contributed by atoms with E-state index in [1.807, 2.05) is 60.7 Å². The minimum Gasteiger partial charge on any atom is -0.199 e. The third-order valence-electron chi connectivity index (χ3n) is 7.70. The molecule has 0 atom stereocenters. The first-order valence-electron chi connectivity index (χ1n) is 15.5. The molecule has 0 aromatic heterocycles. The molecule has 0 spiro atoms. The van der Waals surface area contributed by atoms with Gasteiger partial charge in [-0.05, 0) is 28.4 Å². The summed E-state index contributed by atoms with van der Waals surface area (Å²) in [6.45, 7) is 21.0. The van der Waals surface area contributed by atoms with Crippen LogP contribution in [0.1, 0.15) is 74.9 Å². The van der Waals surface area contributed by atoms with Crippen LogP contribution >= 0.6 is 0 Å². The summed E-state index contributed by atoms with van der Waals surface area (Å²) in [6, 6.07) is 49.6. The van der Waals surface area contributed by atoms with Crippen LogP contribution in [-0.2, 0) is 43.1 Å². The third-order valence-corrected chi connectivity index (χ3v) is 7.70. The molecule has 1 aliphatic rings. The van der Waals surface area contributed by atoms with Gasteiger partial charge in [0.1, 0.15) is 0 Å². The number of hydrogen-bond acceptors (Lipinski definition) is 0. The van der Waals surface area contributed by atoms with E-state index < -0.39 is 0 Å². The molecule has 0 bridgehead atoms. The zero-order valence-corrected chi connectivity index (χ0v) is 31.4. The van der Waals surface area contributed by atoms with Crippen molar-refractivity contribution in [3.8, 4) is 11.1 Å². The largest absolute Gasteiger partial charge is 4.00 e. The van der Waals surface area contributed by atoms with Crippen molar-refractivity contribution < 1.29 is 25.8 Å². The molecule has 6 aromatic rings. The Balaban J connectivity index is 0.000000189. The Morgan fingerprint density at radius 2 is 1.16 bits per heavy atom. The third kappa shape index (κ3) is 10.4. The van der Waals surface area contributed by atoms with E-state index in [9.17, 15) is 0 Å². The SMILES string of the molecule is CC(C)(C)c1[c-]c2c(cc1)-c1ccc(C(C)(C)C)cc1C2.[CH2-]c1ccccc1.[CH2-]c1ccccc1.[Hf+4].c1ccc2[cH-]ccc2c1. The zero-order valence-electron chi connectivity index (χ0n) is 27.8. The second-order valence-electron chi connectivity index (χ2n) is 13.4. The van der Waals surface area contributed by atoms with E-state index >= 15 is 0 Å². The van der Waals surface area contributed by atoms with E-state index in [0.29, 0.717) is 0 Å². The summed E-state index contributed by atoms with van der Waals surface area (Å²) in [5.74, 6) is 0. The van der Waals surface area contributed by atoms with Crippen molar-refractivity contribution in [3.63, 3.8) is 0 Å². The molecule has 0 heterocycles. The monoisotopic (exact) mass is 754 g/mol. The number of benzene rings is 5. The molecule has 0 radical (unpaired) electrons. The van der Waals surface area contributed by atoms with Gasteiger partial charge in [0.2, 0.25) is 0 Å². The van der Waals surface area contributed by atoms with Crippen molar-refractivity contribution in [1.29, 1.82) is 0 Å². The van der Waals surface area contributed by atoms with Gasteiger partial charge in [0.15, 0.2) is 0 Å². The van der Waals surface area contributed by atoms with Crippen LogP contribution in [0.15, 0.2) is 133 Å². The van der Waals surface area contributed by atoms with E-state index in [1.54, 1.807) is 0 Å². The average Bonchev–Trinajstić information content (AvgIpc) is 3.62. The van der Waals surface area contributed by atoms with Crippen molar-refractivity contribution >= 4 is 10.8 Å². The molecule has 0 amide bonds. The van der Waals surface area contributed by atoms with Crippen LogP contribution in [0.2, 0.25) is 0 Å². The van der Waals surface area contributed by atoms with Gasteiger partial charge in [-0.2, -0.15) is 90.5 Å². The molecule has 1 heteroatoms. The number of hydrogen-bond donors (Lipinski definition) is 0. The first-order chi connectivity index (χ1) is 20.9. The van der Waals surface area contributed by atoms with Gasteiger partial charge in [-0.15, -0.1) is 65.0 Å². The summed E-state index contributed by atoms with van der Waals surface area (Å²) in [6.07, 6.45) is 1.03. The predicted octanol–water partition coefficient (Wildman–Crippen LogP) is 11.9. The van der Waals surface area contributed by atoms with Gasteiger partial charge >= 0.3 is 25.8 Å². The summed E-state index contributed by atoms with van der Waals surface area (Å²) in [5.41, 5.74) is 10.8. The van der Waals surface area contributed by atoms with E-state index in [1.165, 1.54) is 44.2 Å². The summed E-state index contributed by atoms with van der Waals surface area (Å²) in [7, 11) is 0. The molecule has 0 fully saturated rings. The molecule has 0 saturated carbocycles. The summed E-state index contributed by atoms with van der Waals surface area (Å²) >= 11 is 0. The Morgan fingerprint density at radius 1 is 0.600 bits per heavy atom. The van der Waals surface area contributed by atoms with E-state index in [-0.39, 0.29) is 36.7 Å². The first-order valence-corrected chi connectivity index (χ1v) is 15.5. The minimum atomic E-state index is 0. The van der Waals surface area contributed by atoms with Crippen LogP contribution < -0.4 is 0 Å². The van der Waals surface area contributed by atoms with Gasteiger partial charge in [0.05, 0.1) is 0 Å². The molecule has 0 aliphatic heterocycles. The maximum atomic E-state index is 3.72. The van der Waals surface area contributed by atoms with Crippen LogP contribution in [0.5, 0.6) is 0 Å². The summed E-state index contributed by atoms with van der Waals surface area (Å²) < 4.78 is 0. The standard InChI is InChI=1S/C21H25.C9H7.2C7H7.Hf/c1-20(2,3)16-7-9-18-14(12-16)11-15-13-17(21(4,5)6)8-10-19(15)18;1-2-5-9-7-3-6-8(9)4-1;2*1-7-5-3-2-4-6-7;/h7-10,12H,11H2,1-6H3;1-7H;2*2-6H,1H2;/q4*-1;+4. The van der Waals surface area contributed by atoms with Crippen LogP contribution in [0.3, 0.4) is 0 Å². The Labute approximate surface area is 291 Å². The second kappa shape index (κ2) is 16.1. The molecule has 0 N–H and O–H groups in total. The molecule has 45 heavy (non-hydrogen) atoms. The maximum absolute atomic E-state index is 3.72. The van der Waals surface area contributed by atoms with Crippen molar-refractivity contribution in [1.82, 2.24) is 0 Å². The van der Waals surface area contributed by atoms with E-state index in [2.05, 4.69) is 134 Å². The first kappa shape index (κ1) is 35.8. The molecular weight excluding hydrogens is 707 g/mol. The topological polar surface area (TPSA) is 0 Å². The fourth-order valence-corrected chi connectivity index (χ4v) is 5.05. The van der Waals surface area contributed by atoms with E-state index in [0.717, 1.165) is 17.5 Å². The van der Waals surface area contributed by atoms with E-state index in [4.69, 9.17) is 0 Å². The molecule has 6 aromatic carbocycles. The molecule has 0 saturated heterocycles. The fraction of sp³-hybridized carbons (Fsp3) is 0.205. The van der Waals surface area contributed by atoms with Gasteiger partial charge in [-0.25, -0.2) is 0 Å².